The van der Waals surface area contributed by atoms with Crippen molar-refractivity contribution >= 4 is 28.6 Å². The summed E-state index contributed by atoms with van der Waals surface area (Å²) >= 11 is 6.06. The Hall–Kier alpha value is -2.60. The van der Waals surface area contributed by atoms with E-state index in [4.69, 9.17) is 16.3 Å². The number of hydrogen-bond donors (Lipinski definition) is 1. The highest BCUT2D eigenvalue weighted by molar-refractivity contribution is 6.17. The van der Waals surface area contributed by atoms with E-state index >= 15 is 0 Å². The van der Waals surface area contributed by atoms with Crippen LogP contribution in [0.4, 0.5) is 0 Å². The van der Waals surface area contributed by atoms with Crippen LogP contribution in [0.5, 0.6) is 5.75 Å². The Morgan fingerprint density at radius 1 is 1.33 bits per heavy atom. The molecule has 0 amide bonds. The maximum Gasteiger partial charge on any atom is 0.304 e. The van der Waals surface area contributed by atoms with Crippen molar-refractivity contribution in [3.8, 4) is 5.75 Å². The van der Waals surface area contributed by atoms with Crippen LogP contribution in [0.15, 0.2) is 24.3 Å². The summed E-state index contributed by atoms with van der Waals surface area (Å²) in [6.45, 7) is 3.94. The van der Waals surface area contributed by atoms with Crippen molar-refractivity contribution in [2.24, 2.45) is 7.05 Å². The number of benzene rings is 2. The maximum atomic E-state index is 11.6. The SMILES string of the molecule is COc1cc(C(CC(=O)O)c2ccc(C)c(CCl)c2)c(C)c2nnn(C)c12. The zero-order valence-corrected chi connectivity index (χ0v) is 16.5. The molecule has 1 atom stereocenters. The van der Waals surface area contributed by atoms with Gasteiger partial charge in [0, 0.05) is 18.8 Å². The molecule has 142 valence electrons. The number of carbonyl (C=O) groups is 1. The minimum absolute atomic E-state index is 0.0411. The van der Waals surface area contributed by atoms with Crippen molar-refractivity contribution in [2.75, 3.05) is 7.11 Å². The molecule has 27 heavy (non-hydrogen) atoms. The molecule has 0 saturated heterocycles. The van der Waals surface area contributed by atoms with Gasteiger partial charge in [-0.2, -0.15) is 0 Å². The van der Waals surface area contributed by atoms with Crippen LogP contribution < -0.4 is 4.74 Å². The number of fused-ring (bicyclic) bond motifs is 1. The van der Waals surface area contributed by atoms with Crippen LogP contribution in [0.1, 0.15) is 40.2 Å². The number of aliphatic carboxylic acids is 1. The first-order valence-corrected chi connectivity index (χ1v) is 9.14. The van der Waals surface area contributed by atoms with Gasteiger partial charge >= 0.3 is 5.97 Å². The summed E-state index contributed by atoms with van der Waals surface area (Å²) in [5.74, 6) is -0.209. The second-order valence-electron chi connectivity index (χ2n) is 6.67. The van der Waals surface area contributed by atoms with Crippen LogP contribution in [0, 0.1) is 13.8 Å². The van der Waals surface area contributed by atoms with Gasteiger partial charge in [-0.25, -0.2) is 4.68 Å². The Morgan fingerprint density at radius 3 is 2.70 bits per heavy atom. The molecule has 0 saturated carbocycles. The molecule has 3 aromatic rings. The van der Waals surface area contributed by atoms with Crippen LogP contribution in [0.2, 0.25) is 0 Å². The Labute approximate surface area is 162 Å². The molecular weight excluding hydrogens is 366 g/mol. The average Bonchev–Trinajstić information content (AvgIpc) is 3.03. The molecule has 1 unspecified atom stereocenters. The maximum absolute atomic E-state index is 11.6. The number of rotatable bonds is 6. The van der Waals surface area contributed by atoms with Crippen LogP contribution in [-0.4, -0.2) is 33.2 Å². The van der Waals surface area contributed by atoms with Gasteiger partial charge in [-0.05, 0) is 47.7 Å². The van der Waals surface area contributed by atoms with E-state index in [1.165, 1.54) is 0 Å². The van der Waals surface area contributed by atoms with Crippen LogP contribution in [-0.2, 0) is 17.7 Å². The van der Waals surface area contributed by atoms with Crippen LogP contribution in [0.3, 0.4) is 0 Å². The van der Waals surface area contributed by atoms with Gasteiger partial charge in [0.15, 0.2) is 0 Å². The van der Waals surface area contributed by atoms with Gasteiger partial charge in [0.2, 0.25) is 0 Å². The average molecular weight is 388 g/mol. The minimum atomic E-state index is -0.870. The van der Waals surface area contributed by atoms with E-state index in [1.54, 1.807) is 18.8 Å². The van der Waals surface area contributed by atoms with Crippen molar-refractivity contribution in [1.82, 2.24) is 15.0 Å². The molecule has 0 fully saturated rings. The highest BCUT2D eigenvalue weighted by Crippen LogP contribution is 2.38. The Balaban J connectivity index is 2.24. The smallest absolute Gasteiger partial charge is 0.304 e. The number of hydrogen-bond acceptors (Lipinski definition) is 4. The summed E-state index contributed by atoms with van der Waals surface area (Å²) in [7, 11) is 3.39. The number of aryl methyl sites for hydroxylation is 3. The monoisotopic (exact) mass is 387 g/mol. The standard InChI is InChI=1S/C20H22ClN3O3/c1-11-5-6-13(7-14(11)10-21)16(9-18(25)26)15-8-17(27-4)20-19(12(15)2)22-23-24(20)3/h5-8,16H,9-10H2,1-4H3,(H,25,26). The summed E-state index contributed by atoms with van der Waals surface area (Å²) in [5.41, 5.74) is 6.26. The van der Waals surface area contributed by atoms with Gasteiger partial charge < -0.3 is 9.84 Å². The topological polar surface area (TPSA) is 77.2 Å². The zero-order valence-electron chi connectivity index (χ0n) is 15.8. The van der Waals surface area contributed by atoms with Gasteiger partial charge in [-0.15, -0.1) is 16.7 Å². The third kappa shape index (κ3) is 3.49. The molecule has 0 bridgehead atoms. The number of aromatic nitrogens is 3. The normalized spacial score (nSPS) is 12.3. The van der Waals surface area contributed by atoms with Crippen molar-refractivity contribution in [3.63, 3.8) is 0 Å². The summed E-state index contributed by atoms with van der Waals surface area (Å²) in [6.07, 6.45) is -0.0411. The van der Waals surface area contributed by atoms with E-state index < -0.39 is 5.97 Å². The van der Waals surface area contributed by atoms with Crippen LogP contribution >= 0.6 is 11.6 Å². The van der Waals surface area contributed by atoms with Gasteiger partial charge in [0.1, 0.15) is 16.8 Å². The summed E-state index contributed by atoms with van der Waals surface area (Å²) < 4.78 is 7.21. The number of halogens is 1. The van der Waals surface area contributed by atoms with Gasteiger partial charge in [-0.1, -0.05) is 23.4 Å². The van der Waals surface area contributed by atoms with Crippen molar-refractivity contribution in [1.29, 1.82) is 0 Å². The highest BCUT2D eigenvalue weighted by Gasteiger charge is 2.24. The predicted octanol–water partition coefficient (Wildman–Crippen LogP) is 3.94. The number of methoxy groups -OCH3 is 1. The Bertz CT molecular complexity index is 1010. The summed E-state index contributed by atoms with van der Waals surface area (Å²) in [6, 6.07) is 7.83. The van der Waals surface area contributed by atoms with Gasteiger partial charge in [0.25, 0.3) is 0 Å². The van der Waals surface area contributed by atoms with E-state index in [0.29, 0.717) is 17.1 Å². The fraction of sp³-hybridized carbons (Fsp3) is 0.350. The molecule has 2 aromatic carbocycles. The molecule has 3 rings (SSSR count). The largest absolute Gasteiger partial charge is 0.494 e. The fourth-order valence-corrected chi connectivity index (χ4v) is 3.78. The highest BCUT2D eigenvalue weighted by atomic mass is 35.5. The Kier molecular flexibility index (Phi) is 5.37. The second kappa shape index (κ2) is 7.56. The molecular formula is C20H22ClN3O3. The molecule has 1 heterocycles. The fourth-order valence-electron chi connectivity index (χ4n) is 3.49. The third-order valence-corrected chi connectivity index (χ3v) is 5.32. The molecule has 6 nitrogen and oxygen atoms in total. The first-order chi connectivity index (χ1) is 12.9. The Morgan fingerprint density at radius 2 is 2.07 bits per heavy atom. The predicted molar refractivity (Wildman–Crippen MR) is 105 cm³/mol. The molecule has 0 radical (unpaired) electrons. The zero-order chi connectivity index (χ0) is 19.7. The molecule has 0 aliphatic heterocycles. The molecule has 0 aliphatic carbocycles. The molecule has 7 heteroatoms. The van der Waals surface area contributed by atoms with Crippen molar-refractivity contribution in [3.05, 3.63) is 52.1 Å². The number of carboxylic acids is 1. The number of carboxylic acid groups (broad SMARTS) is 1. The number of alkyl halides is 1. The molecule has 0 spiro atoms. The first-order valence-electron chi connectivity index (χ1n) is 8.61. The lowest BCUT2D eigenvalue weighted by molar-refractivity contribution is -0.137. The van der Waals surface area contributed by atoms with E-state index in [2.05, 4.69) is 10.3 Å². The van der Waals surface area contributed by atoms with E-state index in [9.17, 15) is 9.90 Å². The first kappa shape index (κ1) is 19.2. The van der Waals surface area contributed by atoms with Crippen molar-refractivity contribution < 1.29 is 14.6 Å². The van der Waals surface area contributed by atoms with E-state index in [1.807, 2.05) is 38.1 Å². The van der Waals surface area contributed by atoms with Crippen molar-refractivity contribution in [2.45, 2.75) is 32.1 Å². The quantitative estimate of drug-likeness (QED) is 0.648. The van der Waals surface area contributed by atoms with E-state index in [-0.39, 0.29) is 12.3 Å². The lowest BCUT2D eigenvalue weighted by atomic mass is 9.84. The van der Waals surface area contributed by atoms with Gasteiger partial charge in [0.05, 0.1) is 13.5 Å². The van der Waals surface area contributed by atoms with E-state index in [0.717, 1.165) is 33.3 Å². The molecule has 1 N–H and O–H groups in total. The second-order valence-corrected chi connectivity index (χ2v) is 6.94. The van der Waals surface area contributed by atoms with Crippen LogP contribution in [0.25, 0.3) is 11.0 Å². The molecule has 1 aromatic heterocycles. The van der Waals surface area contributed by atoms with Gasteiger partial charge in [-0.3, -0.25) is 4.79 Å². The summed E-state index contributed by atoms with van der Waals surface area (Å²) in [5, 5.41) is 17.9. The number of ether oxygens (including phenoxy) is 1. The third-order valence-electron chi connectivity index (χ3n) is 5.03. The number of nitrogens with zero attached hydrogens (tertiary/aromatic N) is 3. The molecule has 0 aliphatic rings. The lowest BCUT2D eigenvalue weighted by Crippen LogP contribution is -2.11. The summed E-state index contributed by atoms with van der Waals surface area (Å²) in [4.78, 5) is 11.6. The minimum Gasteiger partial charge on any atom is -0.494 e. The lowest BCUT2D eigenvalue weighted by Gasteiger charge is -2.21.